The Labute approximate surface area is 117 Å². The fourth-order valence-electron chi connectivity index (χ4n) is 2.15. The minimum Gasteiger partial charge on any atom is -0.384 e. The molecule has 0 atom stereocenters. The number of anilines is 1. The van der Waals surface area contributed by atoms with Crippen molar-refractivity contribution in [3.05, 3.63) is 42.2 Å². The fraction of sp³-hybridized carbons (Fsp3) is 0. The number of rotatable bonds is 1. The molecule has 0 aliphatic heterocycles. The summed E-state index contributed by atoms with van der Waals surface area (Å²) >= 11 is 1.49. The lowest BCUT2D eigenvalue weighted by atomic mass is 10.2. The molecule has 0 fully saturated rings. The van der Waals surface area contributed by atoms with Gasteiger partial charge in [0.15, 0.2) is 11.5 Å². The highest BCUT2D eigenvalue weighted by molar-refractivity contribution is 7.22. The number of pyridine rings is 1. The van der Waals surface area contributed by atoms with E-state index in [1.54, 1.807) is 12.1 Å². The number of thiophene rings is 1. The van der Waals surface area contributed by atoms with Crippen molar-refractivity contribution >= 4 is 38.4 Å². The van der Waals surface area contributed by atoms with Gasteiger partial charge in [0, 0.05) is 4.70 Å². The highest BCUT2D eigenvalue weighted by Gasteiger charge is 2.10. The van der Waals surface area contributed by atoms with Gasteiger partial charge in [-0.1, -0.05) is 6.07 Å². The minimum atomic E-state index is -0.232. The molecule has 20 heavy (non-hydrogen) atoms. The van der Waals surface area contributed by atoms with Crippen LogP contribution in [0.5, 0.6) is 0 Å². The molecule has 0 aliphatic rings. The number of nitrogens with two attached hydrogens (primary N) is 1. The molecule has 4 aromatic rings. The van der Waals surface area contributed by atoms with E-state index in [0.717, 1.165) is 26.3 Å². The van der Waals surface area contributed by atoms with Crippen molar-refractivity contribution in [1.29, 1.82) is 0 Å². The Hall–Kier alpha value is -2.47. The van der Waals surface area contributed by atoms with Crippen LogP contribution >= 0.6 is 11.3 Å². The van der Waals surface area contributed by atoms with E-state index < -0.39 is 0 Å². The molecule has 0 aliphatic carbocycles. The summed E-state index contributed by atoms with van der Waals surface area (Å²) in [5.74, 6) is 0.929. The molecule has 3 N–H and O–H groups in total. The third-order valence-electron chi connectivity index (χ3n) is 3.08. The standard InChI is InChI=1S/C14H9FN4S/c15-8-2-1-7-5-11(20-10(7)6-8)14-17-9-3-4-12(16)18-13(9)19-14/h1-6H,(H3,16,17,18,19). The second-order valence-corrected chi connectivity index (χ2v) is 5.57. The van der Waals surface area contributed by atoms with Crippen LogP contribution in [-0.4, -0.2) is 15.0 Å². The van der Waals surface area contributed by atoms with Crippen molar-refractivity contribution in [1.82, 2.24) is 15.0 Å². The third kappa shape index (κ3) is 1.73. The normalized spacial score (nSPS) is 11.4. The van der Waals surface area contributed by atoms with Crippen molar-refractivity contribution in [2.75, 3.05) is 5.73 Å². The summed E-state index contributed by atoms with van der Waals surface area (Å²) in [7, 11) is 0. The SMILES string of the molecule is Nc1ccc2[nH]c(-c3cc4ccc(F)cc4s3)nc2n1. The first-order chi connectivity index (χ1) is 9.69. The molecule has 0 radical (unpaired) electrons. The van der Waals surface area contributed by atoms with Gasteiger partial charge < -0.3 is 10.7 Å². The number of nitrogens with zero attached hydrogens (tertiary/aromatic N) is 2. The molecular formula is C14H9FN4S. The Morgan fingerprint density at radius 1 is 1.10 bits per heavy atom. The smallest absolute Gasteiger partial charge is 0.180 e. The van der Waals surface area contributed by atoms with Crippen LogP contribution in [0, 0.1) is 5.82 Å². The molecule has 4 nitrogen and oxygen atoms in total. The lowest BCUT2D eigenvalue weighted by Gasteiger charge is -1.88. The number of nitrogens with one attached hydrogen (secondary N) is 1. The van der Waals surface area contributed by atoms with Gasteiger partial charge in [0.05, 0.1) is 10.4 Å². The van der Waals surface area contributed by atoms with E-state index in [-0.39, 0.29) is 5.82 Å². The fourth-order valence-corrected chi connectivity index (χ4v) is 3.18. The number of imidazole rings is 1. The van der Waals surface area contributed by atoms with Gasteiger partial charge in [-0.25, -0.2) is 14.4 Å². The molecule has 3 heterocycles. The number of hydrogen-bond acceptors (Lipinski definition) is 4. The summed E-state index contributed by atoms with van der Waals surface area (Å²) in [5.41, 5.74) is 7.06. The Morgan fingerprint density at radius 3 is 2.90 bits per heavy atom. The third-order valence-corrected chi connectivity index (χ3v) is 4.19. The Kier molecular flexibility index (Phi) is 2.28. The molecule has 0 unspecified atom stereocenters. The quantitative estimate of drug-likeness (QED) is 0.561. The number of H-pyrrole nitrogens is 1. The van der Waals surface area contributed by atoms with Gasteiger partial charge in [0.1, 0.15) is 11.6 Å². The van der Waals surface area contributed by atoms with Crippen LogP contribution in [-0.2, 0) is 0 Å². The summed E-state index contributed by atoms with van der Waals surface area (Å²) in [6.45, 7) is 0. The van der Waals surface area contributed by atoms with Gasteiger partial charge in [0.25, 0.3) is 0 Å². The van der Waals surface area contributed by atoms with E-state index in [1.165, 1.54) is 23.5 Å². The molecule has 0 saturated heterocycles. The maximum Gasteiger partial charge on any atom is 0.180 e. The molecule has 0 spiro atoms. The number of aromatic nitrogens is 3. The summed E-state index contributed by atoms with van der Waals surface area (Å²) in [6, 6.07) is 10.3. The molecule has 0 saturated carbocycles. The van der Waals surface area contributed by atoms with Gasteiger partial charge in [-0.05, 0) is 35.7 Å². The first kappa shape index (κ1) is 11.4. The second-order valence-electron chi connectivity index (χ2n) is 4.49. The molecule has 0 amide bonds. The Morgan fingerprint density at radius 2 is 2.00 bits per heavy atom. The predicted octanol–water partition coefficient (Wildman–Crippen LogP) is 3.56. The largest absolute Gasteiger partial charge is 0.384 e. The van der Waals surface area contributed by atoms with Crippen LogP contribution < -0.4 is 5.73 Å². The van der Waals surface area contributed by atoms with E-state index >= 15 is 0 Å². The monoisotopic (exact) mass is 284 g/mol. The number of nitrogen functional groups attached to an aromatic ring is 1. The molecule has 98 valence electrons. The van der Waals surface area contributed by atoms with E-state index in [2.05, 4.69) is 15.0 Å². The molecule has 4 rings (SSSR count). The predicted molar refractivity (Wildman–Crippen MR) is 79.1 cm³/mol. The van der Waals surface area contributed by atoms with Gasteiger partial charge in [-0.3, -0.25) is 0 Å². The van der Waals surface area contributed by atoms with Crippen molar-refractivity contribution < 1.29 is 4.39 Å². The minimum absolute atomic E-state index is 0.232. The molecule has 6 heteroatoms. The summed E-state index contributed by atoms with van der Waals surface area (Å²) in [4.78, 5) is 12.7. The first-order valence-electron chi connectivity index (χ1n) is 6.01. The molecular weight excluding hydrogens is 275 g/mol. The van der Waals surface area contributed by atoms with Gasteiger partial charge in [-0.15, -0.1) is 11.3 Å². The van der Waals surface area contributed by atoms with Crippen LogP contribution in [0.15, 0.2) is 36.4 Å². The number of hydrogen-bond donors (Lipinski definition) is 2. The number of fused-ring (bicyclic) bond motifs is 2. The highest BCUT2D eigenvalue weighted by Crippen LogP contribution is 2.33. The van der Waals surface area contributed by atoms with E-state index in [1.807, 2.05) is 12.1 Å². The van der Waals surface area contributed by atoms with Gasteiger partial charge in [0.2, 0.25) is 0 Å². The molecule has 1 aromatic carbocycles. The Balaban J connectivity index is 1.91. The van der Waals surface area contributed by atoms with Crippen molar-refractivity contribution in [3.63, 3.8) is 0 Å². The van der Waals surface area contributed by atoms with Gasteiger partial charge >= 0.3 is 0 Å². The zero-order valence-corrected chi connectivity index (χ0v) is 11.0. The van der Waals surface area contributed by atoms with Gasteiger partial charge in [-0.2, -0.15) is 0 Å². The van der Waals surface area contributed by atoms with E-state index in [9.17, 15) is 4.39 Å². The average Bonchev–Trinajstić information content (AvgIpc) is 3.00. The molecule has 0 bridgehead atoms. The van der Waals surface area contributed by atoms with E-state index in [4.69, 9.17) is 5.73 Å². The lowest BCUT2D eigenvalue weighted by molar-refractivity contribution is 0.630. The molecule has 3 aromatic heterocycles. The second kappa shape index (κ2) is 4.01. The zero-order chi connectivity index (χ0) is 13.7. The first-order valence-corrected chi connectivity index (χ1v) is 6.82. The van der Waals surface area contributed by atoms with Crippen LogP contribution in [0.25, 0.3) is 32.0 Å². The van der Waals surface area contributed by atoms with Crippen molar-refractivity contribution in [2.24, 2.45) is 0 Å². The summed E-state index contributed by atoms with van der Waals surface area (Å²) < 4.78 is 14.1. The van der Waals surface area contributed by atoms with E-state index in [0.29, 0.717) is 11.5 Å². The maximum atomic E-state index is 13.2. The highest BCUT2D eigenvalue weighted by atomic mass is 32.1. The van der Waals surface area contributed by atoms with Crippen molar-refractivity contribution in [3.8, 4) is 10.7 Å². The lowest BCUT2D eigenvalue weighted by Crippen LogP contribution is -1.88. The average molecular weight is 284 g/mol. The van der Waals surface area contributed by atoms with Crippen LogP contribution in [0.2, 0.25) is 0 Å². The number of halogens is 1. The summed E-state index contributed by atoms with van der Waals surface area (Å²) in [6.07, 6.45) is 0. The van der Waals surface area contributed by atoms with Crippen LogP contribution in [0.4, 0.5) is 10.2 Å². The summed E-state index contributed by atoms with van der Waals surface area (Å²) in [5, 5.41) is 0.999. The number of aromatic amines is 1. The van der Waals surface area contributed by atoms with Crippen molar-refractivity contribution in [2.45, 2.75) is 0 Å². The zero-order valence-electron chi connectivity index (χ0n) is 10.2. The topological polar surface area (TPSA) is 67.6 Å². The van der Waals surface area contributed by atoms with Crippen LogP contribution in [0.3, 0.4) is 0 Å². The number of benzene rings is 1. The maximum absolute atomic E-state index is 13.2. The van der Waals surface area contributed by atoms with Crippen LogP contribution in [0.1, 0.15) is 0 Å². The Bertz CT molecular complexity index is 863.